The zero-order valence-electron chi connectivity index (χ0n) is 24.7. The molecule has 0 spiro atoms. The lowest BCUT2D eigenvalue weighted by Crippen LogP contribution is -2.32. The Balaban J connectivity index is 1.33. The van der Waals surface area contributed by atoms with E-state index in [4.69, 9.17) is 23.7 Å². The van der Waals surface area contributed by atoms with Crippen LogP contribution in [0.3, 0.4) is 0 Å². The maximum Gasteiger partial charge on any atom is 0.293 e. The number of nitrogens with zero attached hydrogens (tertiary/aromatic N) is 1. The number of carbonyl (C=O) groups excluding carboxylic acids is 2. The van der Waals surface area contributed by atoms with Crippen LogP contribution in [0.15, 0.2) is 71.6 Å². The van der Waals surface area contributed by atoms with Crippen LogP contribution in [0, 0.1) is 0 Å². The summed E-state index contributed by atoms with van der Waals surface area (Å²) in [4.78, 5) is 27.1. The summed E-state index contributed by atoms with van der Waals surface area (Å²) >= 11 is 0.900. The lowest BCUT2D eigenvalue weighted by Gasteiger charge is -2.19. The zero-order chi connectivity index (χ0) is 30.1. The molecule has 9 heteroatoms. The minimum atomic E-state index is -0.361. The Kier molecular flexibility index (Phi) is 10.4. The van der Waals surface area contributed by atoms with Crippen molar-refractivity contribution < 1.29 is 33.3 Å². The van der Waals surface area contributed by atoms with Crippen molar-refractivity contribution >= 4 is 29.0 Å². The van der Waals surface area contributed by atoms with Gasteiger partial charge in [0.05, 0.1) is 25.2 Å². The Labute approximate surface area is 251 Å². The maximum absolute atomic E-state index is 13.0. The molecule has 1 aliphatic rings. The highest BCUT2D eigenvalue weighted by Gasteiger charge is 2.35. The van der Waals surface area contributed by atoms with Crippen LogP contribution in [0.2, 0.25) is 0 Å². The van der Waals surface area contributed by atoms with Crippen LogP contribution in [0.4, 0.5) is 4.79 Å². The highest BCUT2D eigenvalue weighted by atomic mass is 32.2. The van der Waals surface area contributed by atoms with Gasteiger partial charge in [-0.15, -0.1) is 0 Å². The number of hydrogen-bond donors (Lipinski definition) is 0. The van der Waals surface area contributed by atoms with E-state index in [1.807, 2.05) is 37.3 Å². The number of ether oxygens (including phenoxy) is 5. The Hall–Kier alpha value is -4.11. The second kappa shape index (κ2) is 14.2. The summed E-state index contributed by atoms with van der Waals surface area (Å²) in [7, 11) is 1.56. The van der Waals surface area contributed by atoms with Crippen molar-refractivity contribution in [3.05, 3.63) is 82.8 Å². The highest BCUT2D eigenvalue weighted by Crippen LogP contribution is 2.35. The predicted octanol–water partition coefficient (Wildman–Crippen LogP) is 6.96. The first-order valence-electron chi connectivity index (χ1n) is 13.8. The minimum Gasteiger partial charge on any atom is -0.493 e. The van der Waals surface area contributed by atoms with Gasteiger partial charge in [-0.3, -0.25) is 14.5 Å². The number of thioether (sulfide) groups is 1. The van der Waals surface area contributed by atoms with E-state index in [0.29, 0.717) is 47.7 Å². The normalized spacial score (nSPS) is 14.3. The van der Waals surface area contributed by atoms with Gasteiger partial charge in [0, 0.05) is 0 Å². The molecule has 0 atom stereocenters. The second-order valence-electron chi connectivity index (χ2n) is 10.4. The fraction of sp³-hybridized carbons (Fsp3) is 0.333. The molecule has 3 aromatic carbocycles. The average Bonchev–Trinajstić information content (AvgIpc) is 3.23. The third-order valence-corrected chi connectivity index (χ3v) is 7.32. The first kappa shape index (κ1) is 30.8. The average molecular weight is 592 g/mol. The van der Waals surface area contributed by atoms with Crippen LogP contribution in [0.1, 0.15) is 38.8 Å². The Morgan fingerprint density at radius 1 is 0.786 bits per heavy atom. The smallest absolute Gasteiger partial charge is 0.293 e. The van der Waals surface area contributed by atoms with Gasteiger partial charge in [-0.05, 0) is 77.7 Å². The van der Waals surface area contributed by atoms with Crippen molar-refractivity contribution in [1.82, 2.24) is 4.90 Å². The van der Waals surface area contributed by atoms with E-state index in [-0.39, 0.29) is 29.7 Å². The summed E-state index contributed by atoms with van der Waals surface area (Å²) in [6, 6.07) is 20.7. The van der Waals surface area contributed by atoms with Gasteiger partial charge >= 0.3 is 0 Å². The van der Waals surface area contributed by atoms with Crippen molar-refractivity contribution in [1.29, 1.82) is 0 Å². The van der Waals surface area contributed by atoms with Gasteiger partial charge in [-0.1, -0.05) is 51.1 Å². The van der Waals surface area contributed by atoms with Gasteiger partial charge in [-0.2, -0.15) is 0 Å². The Bertz CT molecular complexity index is 1410. The summed E-state index contributed by atoms with van der Waals surface area (Å²) in [6.45, 7) is 9.83. The molecule has 2 amide bonds. The maximum atomic E-state index is 13.0. The molecule has 0 N–H and O–H groups in total. The lowest BCUT2D eigenvalue weighted by molar-refractivity contribution is -0.123. The van der Waals surface area contributed by atoms with E-state index < -0.39 is 0 Å². The van der Waals surface area contributed by atoms with Crippen molar-refractivity contribution in [3.8, 4) is 28.7 Å². The number of rotatable bonds is 13. The second-order valence-corrected chi connectivity index (χ2v) is 11.4. The molecule has 1 fully saturated rings. The molecule has 1 aliphatic heterocycles. The highest BCUT2D eigenvalue weighted by molar-refractivity contribution is 8.18. The standard InChI is InChI=1S/C33H37NO7S/c1-6-38-29-21-23(11-16-28(29)41-20-19-39-25-14-12-24(13-15-25)33(2,3)4)22-30-31(35)34(32(36)42-30)17-18-40-27-10-8-7-9-26(27)37-5/h7-16,21-22H,6,17-20H2,1-5H3/b30-22-. The summed E-state index contributed by atoms with van der Waals surface area (Å²) in [5.74, 6) is 2.68. The number of para-hydroxylation sites is 2. The number of hydrogen-bond acceptors (Lipinski definition) is 8. The molecule has 1 saturated heterocycles. The fourth-order valence-corrected chi connectivity index (χ4v) is 5.06. The molecular weight excluding hydrogens is 554 g/mol. The van der Waals surface area contributed by atoms with Crippen molar-refractivity contribution in [2.75, 3.05) is 40.1 Å². The molecule has 8 nitrogen and oxygen atoms in total. The SMILES string of the molecule is CCOc1cc(/C=C2\SC(=O)N(CCOc3ccccc3OC)C2=O)ccc1OCCOc1ccc(C(C)(C)C)cc1. The largest absolute Gasteiger partial charge is 0.493 e. The van der Waals surface area contributed by atoms with Gasteiger partial charge in [0.1, 0.15) is 25.6 Å². The van der Waals surface area contributed by atoms with Gasteiger partial charge in [0.2, 0.25) is 0 Å². The molecule has 3 aromatic rings. The first-order chi connectivity index (χ1) is 20.2. The van der Waals surface area contributed by atoms with Crippen LogP contribution in [0.5, 0.6) is 28.7 Å². The van der Waals surface area contributed by atoms with E-state index in [1.165, 1.54) is 10.5 Å². The van der Waals surface area contributed by atoms with Gasteiger partial charge in [-0.25, -0.2) is 0 Å². The van der Waals surface area contributed by atoms with E-state index in [9.17, 15) is 9.59 Å². The summed E-state index contributed by atoms with van der Waals surface area (Å²) in [5.41, 5.74) is 2.05. The third kappa shape index (κ3) is 8.00. The van der Waals surface area contributed by atoms with E-state index >= 15 is 0 Å². The molecule has 1 heterocycles. The lowest BCUT2D eigenvalue weighted by atomic mass is 9.87. The molecule has 0 aromatic heterocycles. The zero-order valence-corrected chi connectivity index (χ0v) is 25.5. The van der Waals surface area contributed by atoms with Crippen LogP contribution in [-0.2, 0) is 10.2 Å². The Morgan fingerprint density at radius 3 is 2.14 bits per heavy atom. The molecule has 0 bridgehead atoms. The van der Waals surface area contributed by atoms with Crippen LogP contribution >= 0.6 is 11.8 Å². The Morgan fingerprint density at radius 2 is 1.45 bits per heavy atom. The summed E-state index contributed by atoms with van der Waals surface area (Å²) in [6.07, 6.45) is 1.68. The van der Waals surface area contributed by atoms with Gasteiger partial charge < -0.3 is 23.7 Å². The molecule has 0 saturated carbocycles. The predicted molar refractivity (Wildman–Crippen MR) is 165 cm³/mol. The summed E-state index contributed by atoms with van der Waals surface area (Å²) < 4.78 is 28.6. The van der Waals surface area contributed by atoms with Crippen molar-refractivity contribution in [3.63, 3.8) is 0 Å². The molecule has 0 unspecified atom stereocenters. The van der Waals surface area contributed by atoms with Crippen molar-refractivity contribution in [2.24, 2.45) is 0 Å². The molecular formula is C33H37NO7S. The van der Waals surface area contributed by atoms with Gasteiger partial charge in [0.25, 0.3) is 11.1 Å². The first-order valence-corrected chi connectivity index (χ1v) is 14.7. The minimum absolute atomic E-state index is 0.0879. The quantitative estimate of drug-likeness (QED) is 0.156. The number of amides is 2. The van der Waals surface area contributed by atoms with Gasteiger partial charge in [0.15, 0.2) is 23.0 Å². The van der Waals surface area contributed by atoms with Crippen LogP contribution < -0.4 is 23.7 Å². The van der Waals surface area contributed by atoms with E-state index in [0.717, 1.165) is 23.1 Å². The third-order valence-electron chi connectivity index (χ3n) is 6.41. The van der Waals surface area contributed by atoms with Crippen LogP contribution in [-0.4, -0.2) is 56.1 Å². The molecule has 222 valence electrons. The molecule has 4 rings (SSSR count). The fourth-order valence-electron chi connectivity index (χ4n) is 4.19. The van der Waals surface area contributed by atoms with E-state index in [1.54, 1.807) is 37.5 Å². The molecule has 0 aliphatic carbocycles. The number of carbonyl (C=O) groups is 2. The molecule has 42 heavy (non-hydrogen) atoms. The number of benzene rings is 3. The summed E-state index contributed by atoms with van der Waals surface area (Å²) in [5, 5.41) is -0.340. The molecule has 0 radical (unpaired) electrons. The monoisotopic (exact) mass is 591 g/mol. The van der Waals surface area contributed by atoms with E-state index in [2.05, 4.69) is 32.9 Å². The van der Waals surface area contributed by atoms with Crippen molar-refractivity contribution in [2.45, 2.75) is 33.1 Å². The number of methoxy groups -OCH3 is 1. The number of imide groups is 1. The topological polar surface area (TPSA) is 83.5 Å². The van der Waals surface area contributed by atoms with Crippen LogP contribution in [0.25, 0.3) is 6.08 Å².